The number of rotatable bonds is 5. The minimum Gasteiger partial charge on any atom is -0.383 e. The standard InChI is InChI=1S/C16H13F4N3O2S/c1-9-6-12(17)13(7-14(9)26-8-16(18,19)20)22-15(21)10-2-4-11(5-3-10)23(24)25/h2-7H,8H2,1H3,(H2,21,22). The second kappa shape index (κ2) is 7.73. The highest BCUT2D eigenvalue weighted by Crippen LogP contribution is 2.33. The van der Waals surface area contributed by atoms with Crippen LogP contribution >= 0.6 is 11.8 Å². The number of thioether (sulfide) groups is 1. The molecule has 0 spiro atoms. The minimum atomic E-state index is -4.35. The van der Waals surface area contributed by atoms with Crippen LogP contribution in [-0.2, 0) is 0 Å². The molecule has 0 radical (unpaired) electrons. The Hall–Kier alpha value is -2.62. The zero-order valence-corrected chi connectivity index (χ0v) is 14.2. The Morgan fingerprint density at radius 2 is 1.88 bits per heavy atom. The Morgan fingerprint density at radius 3 is 2.42 bits per heavy atom. The van der Waals surface area contributed by atoms with E-state index in [1.807, 2.05) is 0 Å². The molecule has 138 valence electrons. The average molecular weight is 387 g/mol. The van der Waals surface area contributed by atoms with Crippen LogP contribution in [0.1, 0.15) is 11.1 Å². The summed E-state index contributed by atoms with van der Waals surface area (Å²) in [5.41, 5.74) is 6.09. The molecule has 0 fully saturated rings. The summed E-state index contributed by atoms with van der Waals surface area (Å²) in [6.07, 6.45) is -4.35. The first-order chi connectivity index (χ1) is 12.1. The molecule has 2 aromatic rings. The van der Waals surface area contributed by atoms with Crippen molar-refractivity contribution in [3.63, 3.8) is 0 Å². The average Bonchev–Trinajstić information content (AvgIpc) is 2.55. The van der Waals surface area contributed by atoms with Crippen LogP contribution in [-0.4, -0.2) is 22.7 Å². The van der Waals surface area contributed by atoms with Crippen molar-refractivity contribution in [2.45, 2.75) is 18.0 Å². The molecule has 2 aromatic carbocycles. The number of amidine groups is 1. The number of nitrogens with two attached hydrogens (primary N) is 1. The Balaban J connectivity index is 2.31. The zero-order valence-electron chi connectivity index (χ0n) is 13.4. The maximum absolute atomic E-state index is 14.1. The monoisotopic (exact) mass is 387 g/mol. The summed E-state index contributed by atoms with van der Waals surface area (Å²) in [5, 5.41) is 10.6. The molecule has 2 N–H and O–H groups in total. The minimum absolute atomic E-state index is 0.116. The summed E-state index contributed by atoms with van der Waals surface area (Å²) in [6.45, 7) is 1.50. The van der Waals surface area contributed by atoms with Crippen LogP contribution in [0.2, 0.25) is 0 Å². The number of aryl methyl sites for hydroxylation is 1. The van der Waals surface area contributed by atoms with Crippen LogP contribution in [0.5, 0.6) is 0 Å². The van der Waals surface area contributed by atoms with Gasteiger partial charge in [0, 0.05) is 22.6 Å². The normalized spacial score (nSPS) is 12.3. The number of nitro groups is 1. The molecular weight excluding hydrogens is 374 g/mol. The van der Waals surface area contributed by atoms with Gasteiger partial charge in [-0.3, -0.25) is 10.1 Å². The molecule has 0 amide bonds. The summed E-state index contributed by atoms with van der Waals surface area (Å²) in [6, 6.07) is 7.41. The highest BCUT2D eigenvalue weighted by molar-refractivity contribution is 7.99. The van der Waals surface area contributed by atoms with E-state index in [9.17, 15) is 27.7 Å². The van der Waals surface area contributed by atoms with E-state index in [-0.39, 0.29) is 22.1 Å². The summed E-state index contributed by atoms with van der Waals surface area (Å²) < 4.78 is 51.2. The van der Waals surface area contributed by atoms with E-state index in [2.05, 4.69) is 4.99 Å². The second-order valence-electron chi connectivity index (χ2n) is 5.27. The van der Waals surface area contributed by atoms with Crippen LogP contribution in [0.4, 0.5) is 28.9 Å². The molecule has 0 aromatic heterocycles. The van der Waals surface area contributed by atoms with Gasteiger partial charge >= 0.3 is 6.18 Å². The predicted octanol–water partition coefficient (Wildman–Crippen LogP) is 4.73. The SMILES string of the molecule is Cc1cc(F)c(/N=C(/N)c2ccc([N+](=O)[O-])cc2)cc1SCC(F)(F)F. The Labute approximate surface area is 150 Å². The van der Waals surface area contributed by atoms with Crippen LogP contribution in [0, 0.1) is 22.9 Å². The molecule has 0 bridgehead atoms. The molecule has 0 aliphatic heterocycles. The lowest BCUT2D eigenvalue weighted by atomic mass is 10.2. The fourth-order valence-corrected chi connectivity index (χ4v) is 2.79. The van der Waals surface area contributed by atoms with Gasteiger partial charge in [-0.1, -0.05) is 0 Å². The van der Waals surface area contributed by atoms with Crippen molar-refractivity contribution in [3.8, 4) is 0 Å². The quantitative estimate of drug-likeness (QED) is 0.201. The molecule has 0 unspecified atom stereocenters. The second-order valence-corrected chi connectivity index (χ2v) is 6.29. The van der Waals surface area contributed by atoms with Gasteiger partial charge in [0.1, 0.15) is 17.3 Å². The van der Waals surface area contributed by atoms with Gasteiger partial charge in [0.15, 0.2) is 0 Å². The van der Waals surface area contributed by atoms with E-state index < -0.39 is 22.7 Å². The topological polar surface area (TPSA) is 81.5 Å². The number of alkyl halides is 3. The molecule has 5 nitrogen and oxygen atoms in total. The van der Waals surface area contributed by atoms with E-state index >= 15 is 0 Å². The largest absolute Gasteiger partial charge is 0.398 e. The predicted molar refractivity (Wildman–Crippen MR) is 91.4 cm³/mol. The van der Waals surface area contributed by atoms with Gasteiger partial charge in [-0.15, -0.1) is 11.8 Å². The number of non-ortho nitro benzene ring substituents is 1. The van der Waals surface area contributed by atoms with Crippen molar-refractivity contribution in [1.29, 1.82) is 0 Å². The Morgan fingerprint density at radius 1 is 1.27 bits per heavy atom. The van der Waals surface area contributed by atoms with E-state index in [4.69, 9.17) is 5.73 Å². The molecule has 0 atom stereocenters. The van der Waals surface area contributed by atoms with Crippen LogP contribution in [0.25, 0.3) is 0 Å². The van der Waals surface area contributed by atoms with Gasteiger partial charge in [0.05, 0.1) is 10.7 Å². The van der Waals surface area contributed by atoms with Crippen LogP contribution in [0.3, 0.4) is 0 Å². The van der Waals surface area contributed by atoms with Gasteiger partial charge in [0.25, 0.3) is 5.69 Å². The fraction of sp³-hybridized carbons (Fsp3) is 0.188. The maximum atomic E-state index is 14.1. The lowest BCUT2D eigenvalue weighted by Gasteiger charge is -2.10. The number of aliphatic imine (C=N–C) groups is 1. The Kier molecular flexibility index (Phi) is 5.86. The highest BCUT2D eigenvalue weighted by Gasteiger charge is 2.27. The van der Waals surface area contributed by atoms with Crippen LogP contribution < -0.4 is 5.73 Å². The lowest BCUT2D eigenvalue weighted by Crippen LogP contribution is -2.13. The number of nitrogens with zero attached hydrogens (tertiary/aromatic N) is 2. The van der Waals surface area contributed by atoms with Gasteiger partial charge < -0.3 is 5.73 Å². The fourth-order valence-electron chi connectivity index (χ4n) is 1.99. The first-order valence-electron chi connectivity index (χ1n) is 7.15. The molecule has 0 aliphatic rings. The molecule has 0 heterocycles. The van der Waals surface area contributed by atoms with Crippen molar-refractivity contribution in [1.82, 2.24) is 0 Å². The number of hydrogen-bond donors (Lipinski definition) is 1. The Bertz CT molecular complexity index is 852. The van der Waals surface area contributed by atoms with Gasteiger partial charge in [-0.2, -0.15) is 13.2 Å². The van der Waals surface area contributed by atoms with Crippen molar-refractivity contribution in [3.05, 3.63) is 63.5 Å². The van der Waals surface area contributed by atoms with E-state index in [0.717, 1.165) is 6.07 Å². The maximum Gasteiger partial charge on any atom is 0.398 e. The van der Waals surface area contributed by atoms with Gasteiger partial charge in [-0.25, -0.2) is 9.38 Å². The van der Waals surface area contributed by atoms with E-state index in [1.54, 1.807) is 0 Å². The zero-order chi connectivity index (χ0) is 19.5. The third-order valence-electron chi connectivity index (χ3n) is 3.25. The summed E-state index contributed by atoms with van der Waals surface area (Å²) in [5.74, 6) is -1.96. The van der Waals surface area contributed by atoms with Crippen molar-refractivity contribution < 1.29 is 22.5 Å². The summed E-state index contributed by atoms with van der Waals surface area (Å²) in [4.78, 5) is 14.2. The van der Waals surface area contributed by atoms with Crippen LogP contribution in [0.15, 0.2) is 46.3 Å². The first-order valence-corrected chi connectivity index (χ1v) is 8.14. The third kappa shape index (κ3) is 5.19. The summed E-state index contributed by atoms with van der Waals surface area (Å²) >= 11 is 0.528. The van der Waals surface area contributed by atoms with Crippen molar-refractivity contribution in [2.75, 3.05) is 5.75 Å². The van der Waals surface area contributed by atoms with Gasteiger partial charge in [-0.05, 0) is 36.8 Å². The molecule has 0 aliphatic carbocycles. The lowest BCUT2D eigenvalue weighted by molar-refractivity contribution is -0.384. The smallest absolute Gasteiger partial charge is 0.383 e. The van der Waals surface area contributed by atoms with E-state index in [1.165, 1.54) is 37.3 Å². The molecule has 26 heavy (non-hydrogen) atoms. The number of benzene rings is 2. The van der Waals surface area contributed by atoms with Crippen molar-refractivity contribution in [2.24, 2.45) is 10.7 Å². The summed E-state index contributed by atoms with van der Waals surface area (Å²) in [7, 11) is 0. The molecule has 0 saturated heterocycles. The number of nitro benzene ring substituents is 1. The third-order valence-corrected chi connectivity index (χ3v) is 4.47. The highest BCUT2D eigenvalue weighted by atomic mass is 32.2. The molecule has 10 heteroatoms. The number of halogens is 4. The molecular formula is C16H13F4N3O2S. The molecule has 0 saturated carbocycles. The van der Waals surface area contributed by atoms with Gasteiger partial charge in [0.2, 0.25) is 0 Å². The van der Waals surface area contributed by atoms with Crippen molar-refractivity contribution >= 4 is 29.0 Å². The first kappa shape index (κ1) is 19.7. The molecule has 2 rings (SSSR count). The van der Waals surface area contributed by atoms with E-state index in [0.29, 0.717) is 22.9 Å². The number of hydrogen-bond acceptors (Lipinski definition) is 4.